The van der Waals surface area contributed by atoms with Gasteiger partial charge >= 0.3 is 0 Å². The van der Waals surface area contributed by atoms with Gasteiger partial charge in [-0.25, -0.2) is 13.4 Å². The van der Waals surface area contributed by atoms with Crippen LogP contribution in [0.15, 0.2) is 35.4 Å². The van der Waals surface area contributed by atoms with Crippen LogP contribution in [-0.4, -0.2) is 27.7 Å². The van der Waals surface area contributed by atoms with E-state index in [1.807, 2.05) is 24.4 Å². The molecule has 0 spiro atoms. The number of benzene rings is 1. The number of fused-ring (bicyclic) bond motifs is 1. The highest BCUT2D eigenvalue weighted by Gasteiger charge is 2.25. The van der Waals surface area contributed by atoms with Crippen LogP contribution in [0.3, 0.4) is 0 Å². The van der Waals surface area contributed by atoms with Gasteiger partial charge < -0.3 is 4.57 Å². The van der Waals surface area contributed by atoms with Crippen LogP contribution in [0, 0.1) is 13.8 Å². The molecule has 0 amide bonds. The van der Waals surface area contributed by atoms with Gasteiger partial charge in [0, 0.05) is 31.8 Å². The lowest BCUT2D eigenvalue weighted by Gasteiger charge is -2.12. The molecular weight excluding hydrogens is 362 g/mol. The maximum absolute atomic E-state index is 13.0. The number of anilines is 1. The van der Waals surface area contributed by atoms with Crippen LogP contribution in [0.25, 0.3) is 11.3 Å². The zero-order valence-electron chi connectivity index (χ0n) is 15.7. The molecule has 3 aromatic rings. The lowest BCUT2D eigenvalue weighted by molar-refractivity contribution is 0.522. The van der Waals surface area contributed by atoms with E-state index in [0.29, 0.717) is 17.1 Å². The number of hydrogen-bond acceptors (Lipinski definition) is 4. The summed E-state index contributed by atoms with van der Waals surface area (Å²) in [6.45, 7) is 4.42. The second-order valence-electron chi connectivity index (χ2n) is 6.97. The van der Waals surface area contributed by atoms with Crippen molar-refractivity contribution in [3.63, 3.8) is 0 Å². The van der Waals surface area contributed by atoms with Crippen LogP contribution in [0.5, 0.6) is 0 Å². The van der Waals surface area contributed by atoms with Crippen molar-refractivity contribution in [1.29, 1.82) is 0 Å². The highest BCUT2D eigenvalue weighted by atomic mass is 32.2. The Morgan fingerprint density at radius 3 is 2.63 bits per heavy atom. The first-order chi connectivity index (χ1) is 12.9. The highest BCUT2D eigenvalue weighted by Crippen LogP contribution is 2.31. The number of nitrogens with zero attached hydrogens (tertiary/aromatic N) is 4. The number of hydrogen-bond donors (Lipinski definition) is 1. The van der Waals surface area contributed by atoms with Gasteiger partial charge in [0.1, 0.15) is 10.7 Å². The summed E-state index contributed by atoms with van der Waals surface area (Å²) < 4.78 is 32.6. The number of sulfonamides is 1. The van der Waals surface area contributed by atoms with Crippen molar-refractivity contribution in [3.05, 3.63) is 47.7 Å². The topological polar surface area (TPSA) is 81.8 Å². The third-order valence-corrected chi connectivity index (χ3v) is 6.68. The van der Waals surface area contributed by atoms with E-state index in [1.165, 1.54) is 0 Å². The van der Waals surface area contributed by atoms with Gasteiger partial charge in [-0.3, -0.25) is 9.40 Å². The second kappa shape index (κ2) is 6.53. The van der Waals surface area contributed by atoms with E-state index in [0.717, 1.165) is 42.9 Å². The molecule has 3 heterocycles. The Kier molecular flexibility index (Phi) is 4.30. The van der Waals surface area contributed by atoms with Gasteiger partial charge in [-0.2, -0.15) is 5.10 Å². The Morgan fingerprint density at radius 1 is 1.15 bits per heavy atom. The largest absolute Gasteiger partial charge is 0.334 e. The molecule has 1 aliphatic rings. The molecule has 27 heavy (non-hydrogen) atoms. The third-order valence-electron chi connectivity index (χ3n) is 5.07. The molecule has 1 N–H and O–H groups in total. The van der Waals surface area contributed by atoms with E-state index in [-0.39, 0.29) is 4.90 Å². The fourth-order valence-corrected chi connectivity index (χ4v) is 5.20. The van der Waals surface area contributed by atoms with Gasteiger partial charge in [-0.05, 0) is 32.8 Å². The lowest BCUT2D eigenvalue weighted by Crippen LogP contribution is -2.15. The van der Waals surface area contributed by atoms with Crippen LogP contribution in [0.1, 0.15) is 30.1 Å². The fraction of sp³-hybridized carbons (Fsp3) is 0.368. The molecule has 1 aromatic carbocycles. The Balaban J connectivity index is 1.74. The molecular formula is C19H23N5O2S. The van der Waals surface area contributed by atoms with E-state index >= 15 is 0 Å². The molecule has 7 nitrogen and oxygen atoms in total. The Hall–Kier alpha value is -2.61. The third kappa shape index (κ3) is 3.14. The monoisotopic (exact) mass is 385 g/mol. The molecule has 1 aliphatic heterocycles. The molecule has 0 unspecified atom stereocenters. The summed E-state index contributed by atoms with van der Waals surface area (Å²) in [5.74, 6) is 1.06. The van der Waals surface area contributed by atoms with Crippen LogP contribution in [-0.2, 0) is 30.0 Å². The van der Waals surface area contributed by atoms with Gasteiger partial charge in [0.2, 0.25) is 0 Å². The van der Waals surface area contributed by atoms with Crippen molar-refractivity contribution in [3.8, 4) is 11.3 Å². The van der Waals surface area contributed by atoms with E-state index in [1.54, 1.807) is 31.6 Å². The normalized spacial score (nSPS) is 14.2. The summed E-state index contributed by atoms with van der Waals surface area (Å²) in [7, 11) is -2.01. The van der Waals surface area contributed by atoms with E-state index in [4.69, 9.17) is 4.98 Å². The number of rotatable bonds is 4. The zero-order chi connectivity index (χ0) is 19.2. The smallest absolute Gasteiger partial charge is 0.265 e. The summed E-state index contributed by atoms with van der Waals surface area (Å²) >= 11 is 0. The molecule has 0 saturated carbocycles. The fourth-order valence-electron chi connectivity index (χ4n) is 3.68. The molecule has 0 bridgehead atoms. The quantitative estimate of drug-likeness (QED) is 0.748. The van der Waals surface area contributed by atoms with Crippen molar-refractivity contribution < 1.29 is 8.42 Å². The average molecular weight is 385 g/mol. The van der Waals surface area contributed by atoms with Crippen molar-refractivity contribution >= 4 is 15.7 Å². The van der Waals surface area contributed by atoms with Gasteiger partial charge in [-0.1, -0.05) is 18.2 Å². The summed E-state index contributed by atoms with van der Waals surface area (Å²) in [5.41, 5.74) is 3.19. The standard InChI is InChI=1S/C19H23N5O2S/c1-13-19(14(2)23(3)21-13)27(25,26)22-16-9-5-4-8-15(16)17-12-24-11-7-6-10-18(24)20-17/h4-5,8-9,12,22H,6-7,10-11H2,1-3H3. The highest BCUT2D eigenvalue weighted by molar-refractivity contribution is 7.92. The summed E-state index contributed by atoms with van der Waals surface area (Å²) in [4.78, 5) is 4.96. The summed E-state index contributed by atoms with van der Waals surface area (Å²) in [5, 5.41) is 4.22. The van der Waals surface area contributed by atoms with Crippen LogP contribution in [0.4, 0.5) is 5.69 Å². The number of imidazole rings is 1. The van der Waals surface area contributed by atoms with Gasteiger partial charge in [-0.15, -0.1) is 0 Å². The molecule has 2 aromatic heterocycles. The predicted octanol–water partition coefficient (Wildman–Crippen LogP) is 3.04. The molecule has 0 radical (unpaired) electrons. The number of nitrogens with one attached hydrogen (secondary N) is 1. The minimum Gasteiger partial charge on any atom is -0.334 e. The molecule has 8 heteroatoms. The Morgan fingerprint density at radius 2 is 1.93 bits per heavy atom. The maximum atomic E-state index is 13.0. The number of para-hydroxylation sites is 1. The molecule has 0 fully saturated rings. The van der Waals surface area contributed by atoms with Crippen LogP contribution >= 0.6 is 0 Å². The van der Waals surface area contributed by atoms with Crippen molar-refractivity contribution in [1.82, 2.24) is 19.3 Å². The summed E-state index contributed by atoms with van der Waals surface area (Å²) in [6.07, 6.45) is 5.27. The minimum absolute atomic E-state index is 0.226. The number of aromatic nitrogens is 4. The Labute approximate surface area is 159 Å². The van der Waals surface area contributed by atoms with E-state index in [9.17, 15) is 8.42 Å². The first-order valence-electron chi connectivity index (χ1n) is 9.05. The van der Waals surface area contributed by atoms with Crippen LogP contribution in [0.2, 0.25) is 0 Å². The maximum Gasteiger partial charge on any atom is 0.265 e. The van der Waals surface area contributed by atoms with E-state index < -0.39 is 10.0 Å². The molecule has 142 valence electrons. The lowest BCUT2D eigenvalue weighted by atomic mass is 10.1. The number of aryl methyl sites for hydroxylation is 4. The molecule has 4 rings (SSSR count). The first-order valence-corrected chi connectivity index (χ1v) is 10.5. The van der Waals surface area contributed by atoms with Gasteiger partial charge in [0.05, 0.1) is 22.8 Å². The zero-order valence-corrected chi connectivity index (χ0v) is 16.5. The second-order valence-corrected chi connectivity index (χ2v) is 8.59. The van der Waals surface area contributed by atoms with E-state index in [2.05, 4.69) is 14.4 Å². The van der Waals surface area contributed by atoms with Crippen molar-refractivity contribution in [2.45, 2.75) is 44.6 Å². The minimum atomic E-state index is -3.75. The van der Waals surface area contributed by atoms with Crippen molar-refractivity contribution in [2.75, 3.05) is 4.72 Å². The van der Waals surface area contributed by atoms with Crippen molar-refractivity contribution in [2.24, 2.45) is 7.05 Å². The SMILES string of the molecule is Cc1nn(C)c(C)c1S(=O)(=O)Nc1ccccc1-c1cn2c(n1)CCCC2. The summed E-state index contributed by atoms with van der Waals surface area (Å²) in [6, 6.07) is 7.38. The average Bonchev–Trinajstić information content (AvgIpc) is 3.16. The van der Waals surface area contributed by atoms with Gasteiger partial charge in [0.25, 0.3) is 10.0 Å². The van der Waals surface area contributed by atoms with Gasteiger partial charge in [0.15, 0.2) is 0 Å². The predicted molar refractivity (Wildman–Crippen MR) is 104 cm³/mol. The molecule has 0 atom stereocenters. The van der Waals surface area contributed by atoms with Crippen LogP contribution < -0.4 is 4.72 Å². The first kappa shape index (κ1) is 17.8. The Bertz CT molecular complexity index is 1090. The molecule has 0 aliphatic carbocycles. The molecule has 0 saturated heterocycles.